The first-order valence-corrected chi connectivity index (χ1v) is 10.5. The number of halogens is 1. The monoisotopic (exact) mass is 457 g/mol. The molecule has 2 amide bonds. The van der Waals surface area contributed by atoms with Crippen LogP contribution in [0.5, 0.6) is 5.75 Å². The van der Waals surface area contributed by atoms with E-state index >= 15 is 0 Å². The molecule has 0 unspecified atom stereocenters. The summed E-state index contributed by atoms with van der Waals surface area (Å²) >= 11 is 5.96. The van der Waals surface area contributed by atoms with E-state index < -0.39 is 5.91 Å². The highest BCUT2D eigenvalue weighted by atomic mass is 35.5. The molecule has 0 spiro atoms. The summed E-state index contributed by atoms with van der Waals surface area (Å²) in [5, 5.41) is 19.2. The Morgan fingerprint density at radius 3 is 2.42 bits per heavy atom. The van der Waals surface area contributed by atoms with Crippen molar-refractivity contribution in [3.8, 4) is 5.75 Å². The Hall–Kier alpha value is -4.16. The highest BCUT2D eigenvalue weighted by molar-refractivity contribution is 6.31. The largest absolute Gasteiger partial charge is 0.507 e. The van der Waals surface area contributed by atoms with Crippen LogP contribution in [0.1, 0.15) is 33.2 Å². The van der Waals surface area contributed by atoms with Gasteiger partial charge in [0.1, 0.15) is 5.75 Å². The number of nitrogens with one attached hydrogen (secondary N) is 2. The standard InChI is InChI=1S/C26H20ClN3O3/c1-16(29-30-26(33)24-22-11-3-2-6-17(22)12-13-23(24)31)18-7-5-10-21(15-18)28-25(32)19-8-4-9-20(27)14-19/h2-15,31H,1H3,(H,28,32)(H,30,33). The second-order valence-electron chi connectivity index (χ2n) is 7.36. The summed E-state index contributed by atoms with van der Waals surface area (Å²) < 4.78 is 0. The first-order valence-electron chi connectivity index (χ1n) is 10.1. The molecule has 0 saturated carbocycles. The van der Waals surface area contributed by atoms with Crippen molar-refractivity contribution in [1.29, 1.82) is 0 Å². The van der Waals surface area contributed by atoms with Crippen LogP contribution in [-0.4, -0.2) is 22.6 Å². The summed E-state index contributed by atoms with van der Waals surface area (Å²) in [6.45, 7) is 1.74. The Bertz CT molecular complexity index is 1400. The number of nitrogens with zero attached hydrogens (tertiary/aromatic N) is 1. The van der Waals surface area contributed by atoms with E-state index in [0.29, 0.717) is 32.9 Å². The molecule has 4 aromatic carbocycles. The Labute approximate surface area is 195 Å². The van der Waals surface area contributed by atoms with Crippen LogP contribution in [0.4, 0.5) is 5.69 Å². The van der Waals surface area contributed by atoms with Gasteiger partial charge >= 0.3 is 0 Å². The number of hydrogen-bond donors (Lipinski definition) is 3. The molecule has 0 aliphatic carbocycles. The summed E-state index contributed by atoms with van der Waals surface area (Å²) in [6.07, 6.45) is 0. The number of carbonyl (C=O) groups is 2. The highest BCUT2D eigenvalue weighted by Crippen LogP contribution is 2.27. The zero-order valence-electron chi connectivity index (χ0n) is 17.7. The molecule has 0 bridgehead atoms. The van der Waals surface area contributed by atoms with Gasteiger partial charge in [-0.3, -0.25) is 9.59 Å². The number of benzene rings is 4. The van der Waals surface area contributed by atoms with Crippen molar-refractivity contribution >= 4 is 45.6 Å². The van der Waals surface area contributed by atoms with E-state index in [-0.39, 0.29) is 17.2 Å². The molecule has 0 fully saturated rings. The fourth-order valence-corrected chi connectivity index (χ4v) is 3.60. The van der Waals surface area contributed by atoms with E-state index in [2.05, 4.69) is 15.8 Å². The topological polar surface area (TPSA) is 90.8 Å². The Morgan fingerprint density at radius 2 is 1.61 bits per heavy atom. The van der Waals surface area contributed by atoms with Gasteiger partial charge in [-0.05, 0) is 59.7 Å². The van der Waals surface area contributed by atoms with Gasteiger partial charge in [0.05, 0.1) is 11.3 Å². The first kappa shape index (κ1) is 22.0. The zero-order valence-corrected chi connectivity index (χ0v) is 18.4. The van der Waals surface area contributed by atoms with Crippen molar-refractivity contribution in [2.45, 2.75) is 6.92 Å². The van der Waals surface area contributed by atoms with E-state index in [1.165, 1.54) is 6.07 Å². The Balaban J connectivity index is 1.51. The van der Waals surface area contributed by atoms with Crippen molar-refractivity contribution in [2.24, 2.45) is 5.10 Å². The molecule has 4 rings (SSSR count). The number of amides is 2. The van der Waals surface area contributed by atoms with Gasteiger partial charge in [-0.1, -0.05) is 60.1 Å². The number of anilines is 1. The van der Waals surface area contributed by atoms with Gasteiger partial charge in [0.25, 0.3) is 11.8 Å². The third-order valence-corrected chi connectivity index (χ3v) is 5.32. The Morgan fingerprint density at radius 1 is 0.848 bits per heavy atom. The minimum atomic E-state index is -0.519. The molecular formula is C26H20ClN3O3. The van der Waals surface area contributed by atoms with Crippen molar-refractivity contribution in [1.82, 2.24) is 5.43 Å². The average Bonchev–Trinajstić information content (AvgIpc) is 2.82. The average molecular weight is 458 g/mol. The molecule has 0 aliphatic rings. The van der Waals surface area contributed by atoms with E-state index in [1.54, 1.807) is 67.6 Å². The van der Waals surface area contributed by atoms with Crippen molar-refractivity contribution in [3.05, 3.63) is 107 Å². The SMILES string of the molecule is CC(=NNC(=O)c1c(O)ccc2ccccc12)c1cccc(NC(=O)c2cccc(Cl)c2)c1. The molecule has 0 heterocycles. The molecule has 164 valence electrons. The lowest BCUT2D eigenvalue weighted by molar-refractivity contribution is 0.0953. The molecule has 7 heteroatoms. The van der Waals surface area contributed by atoms with Crippen LogP contribution in [0, 0.1) is 0 Å². The highest BCUT2D eigenvalue weighted by Gasteiger charge is 2.15. The van der Waals surface area contributed by atoms with Crippen molar-refractivity contribution in [3.63, 3.8) is 0 Å². The molecule has 0 saturated heterocycles. The smallest absolute Gasteiger partial charge is 0.275 e. The second kappa shape index (κ2) is 9.54. The van der Waals surface area contributed by atoms with Gasteiger partial charge < -0.3 is 10.4 Å². The third-order valence-electron chi connectivity index (χ3n) is 5.08. The summed E-state index contributed by atoms with van der Waals surface area (Å²) in [7, 11) is 0. The quantitative estimate of drug-likeness (QED) is 0.269. The second-order valence-corrected chi connectivity index (χ2v) is 7.80. The molecule has 0 aromatic heterocycles. The van der Waals surface area contributed by atoms with E-state index in [4.69, 9.17) is 11.6 Å². The fourth-order valence-electron chi connectivity index (χ4n) is 3.41. The number of phenols is 1. The predicted molar refractivity (Wildman–Crippen MR) is 131 cm³/mol. The van der Waals surface area contributed by atoms with E-state index in [0.717, 1.165) is 5.39 Å². The molecule has 0 atom stereocenters. The number of fused-ring (bicyclic) bond motifs is 1. The summed E-state index contributed by atoms with van der Waals surface area (Å²) in [4.78, 5) is 25.2. The van der Waals surface area contributed by atoms with Crippen molar-refractivity contribution < 1.29 is 14.7 Å². The number of aromatic hydroxyl groups is 1. The number of phenolic OH excluding ortho intramolecular Hbond substituents is 1. The van der Waals surface area contributed by atoms with Gasteiger partial charge in [-0.2, -0.15) is 5.10 Å². The summed E-state index contributed by atoms with van der Waals surface area (Å²) in [5.74, 6) is -0.928. The number of rotatable bonds is 5. The first-order chi connectivity index (χ1) is 15.9. The van der Waals surface area contributed by atoms with Gasteiger partial charge in [-0.15, -0.1) is 0 Å². The van der Waals surface area contributed by atoms with Crippen LogP contribution in [0.25, 0.3) is 10.8 Å². The maximum atomic E-state index is 12.8. The molecule has 33 heavy (non-hydrogen) atoms. The van der Waals surface area contributed by atoms with Gasteiger partial charge in [0.2, 0.25) is 0 Å². The van der Waals surface area contributed by atoms with Crippen LogP contribution in [0.15, 0.2) is 90.0 Å². The normalized spacial score (nSPS) is 11.3. The fraction of sp³-hybridized carbons (Fsp3) is 0.0385. The van der Waals surface area contributed by atoms with Crippen molar-refractivity contribution in [2.75, 3.05) is 5.32 Å². The molecule has 3 N–H and O–H groups in total. The maximum absolute atomic E-state index is 12.8. The maximum Gasteiger partial charge on any atom is 0.275 e. The van der Waals surface area contributed by atoms with Gasteiger partial charge in [-0.25, -0.2) is 5.43 Å². The predicted octanol–water partition coefficient (Wildman–Crippen LogP) is 5.61. The molecule has 6 nitrogen and oxygen atoms in total. The third kappa shape index (κ3) is 5.02. The summed E-state index contributed by atoms with van der Waals surface area (Å²) in [5.41, 5.74) is 4.93. The minimum Gasteiger partial charge on any atom is -0.507 e. The van der Waals surface area contributed by atoms with Gasteiger partial charge in [0, 0.05) is 16.3 Å². The van der Waals surface area contributed by atoms with Crippen LogP contribution in [0.2, 0.25) is 5.02 Å². The lowest BCUT2D eigenvalue weighted by Crippen LogP contribution is -2.20. The lowest BCUT2D eigenvalue weighted by Gasteiger charge is -2.09. The molecule has 4 aromatic rings. The minimum absolute atomic E-state index is 0.121. The summed E-state index contributed by atoms with van der Waals surface area (Å²) in [6, 6.07) is 24.3. The van der Waals surface area contributed by atoms with Crippen LogP contribution < -0.4 is 10.7 Å². The van der Waals surface area contributed by atoms with Gasteiger partial charge in [0.15, 0.2) is 0 Å². The number of carbonyl (C=O) groups excluding carboxylic acids is 2. The molecular weight excluding hydrogens is 438 g/mol. The van der Waals surface area contributed by atoms with E-state index in [9.17, 15) is 14.7 Å². The van der Waals surface area contributed by atoms with Crippen LogP contribution in [0.3, 0.4) is 0 Å². The number of hydrogen-bond acceptors (Lipinski definition) is 4. The molecule has 0 radical (unpaired) electrons. The zero-order chi connectivity index (χ0) is 23.4. The molecule has 0 aliphatic heterocycles. The van der Waals surface area contributed by atoms with E-state index in [1.807, 2.05) is 18.2 Å². The lowest BCUT2D eigenvalue weighted by atomic mass is 10.0. The van der Waals surface area contributed by atoms with Crippen LogP contribution >= 0.6 is 11.6 Å². The Kier molecular flexibility index (Phi) is 6.38. The number of hydrazone groups is 1. The van der Waals surface area contributed by atoms with Crippen LogP contribution in [-0.2, 0) is 0 Å².